The Bertz CT molecular complexity index is 1480. The summed E-state index contributed by atoms with van der Waals surface area (Å²) < 4.78 is 42.0. The first-order chi connectivity index (χ1) is 17.0. The van der Waals surface area contributed by atoms with Crippen LogP contribution in [0.15, 0.2) is 48.8 Å². The van der Waals surface area contributed by atoms with Gasteiger partial charge in [0, 0.05) is 5.39 Å². The zero-order chi connectivity index (χ0) is 26.2. The Morgan fingerprint density at radius 1 is 1.28 bits per heavy atom. The Labute approximate surface area is 204 Å². The number of rotatable bonds is 7. The number of thiophene rings is 1. The molecule has 4 rings (SSSR count). The van der Waals surface area contributed by atoms with Crippen molar-refractivity contribution in [3.63, 3.8) is 0 Å². The highest BCUT2D eigenvalue weighted by Crippen LogP contribution is 2.43. The fourth-order valence-corrected chi connectivity index (χ4v) is 4.55. The number of benzene rings is 1. The van der Waals surface area contributed by atoms with Crippen LogP contribution in [0.4, 0.5) is 24.5 Å². The van der Waals surface area contributed by atoms with Gasteiger partial charge in [0.05, 0.1) is 23.1 Å². The molecule has 0 fully saturated rings. The van der Waals surface area contributed by atoms with Crippen molar-refractivity contribution in [3.8, 4) is 11.1 Å². The number of nitro groups is 1. The molecule has 0 aliphatic heterocycles. The van der Waals surface area contributed by atoms with Crippen LogP contribution in [0.5, 0.6) is 0 Å². The lowest BCUT2D eigenvalue weighted by Gasteiger charge is -2.15. The molecule has 0 saturated carbocycles. The second-order valence-electron chi connectivity index (χ2n) is 7.84. The second kappa shape index (κ2) is 9.37. The van der Waals surface area contributed by atoms with Crippen LogP contribution in [0.2, 0.25) is 0 Å². The first-order valence-electron chi connectivity index (χ1n) is 10.3. The van der Waals surface area contributed by atoms with Gasteiger partial charge in [0.15, 0.2) is 0 Å². The Balaban J connectivity index is 1.79. The summed E-state index contributed by atoms with van der Waals surface area (Å²) in [7, 11) is 0. The summed E-state index contributed by atoms with van der Waals surface area (Å²) in [6.45, 7) is 1.50. The highest BCUT2D eigenvalue weighted by molar-refractivity contribution is 7.21. The molecule has 0 radical (unpaired) electrons. The van der Waals surface area contributed by atoms with Crippen LogP contribution in [-0.2, 0) is 17.5 Å². The highest BCUT2D eigenvalue weighted by atomic mass is 32.1. The van der Waals surface area contributed by atoms with Crippen molar-refractivity contribution < 1.29 is 27.7 Å². The Kier molecular flexibility index (Phi) is 6.45. The van der Waals surface area contributed by atoms with Crippen molar-refractivity contribution in [1.29, 1.82) is 0 Å². The van der Waals surface area contributed by atoms with Crippen LogP contribution >= 0.6 is 11.3 Å². The molecule has 0 bridgehead atoms. The number of aromatic nitrogens is 3. The van der Waals surface area contributed by atoms with Gasteiger partial charge >= 0.3 is 11.9 Å². The van der Waals surface area contributed by atoms with Gasteiger partial charge in [-0.2, -0.15) is 18.3 Å². The average molecular weight is 518 g/mol. The number of carbonyl (C=O) groups is 2. The molecule has 1 atom stereocenters. The second-order valence-corrected chi connectivity index (χ2v) is 8.84. The molecule has 3 aromatic heterocycles. The smallest absolute Gasteiger partial charge is 0.365 e. The number of nitrogens with one attached hydrogen (secondary N) is 1. The number of nitrogens with zero attached hydrogens (tertiary/aromatic N) is 4. The number of carbonyl (C=O) groups excluding carboxylic acids is 2. The van der Waals surface area contributed by atoms with E-state index in [0.29, 0.717) is 16.9 Å². The lowest BCUT2D eigenvalue weighted by Crippen LogP contribution is -2.25. The first kappa shape index (κ1) is 24.8. The van der Waals surface area contributed by atoms with Gasteiger partial charge in [-0.25, -0.2) is 4.98 Å². The maximum Gasteiger partial charge on any atom is 0.433 e. The van der Waals surface area contributed by atoms with E-state index in [0.717, 1.165) is 18.5 Å². The van der Waals surface area contributed by atoms with Crippen LogP contribution in [0, 0.1) is 16.0 Å². The van der Waals surface area contributed by atoms with E-state index in [9.17, 15) is 32.9 Å². The van der Waals surface area contributed by atoms with Crippen LogP contribution < -0.4 is 11.1 Å². The van der Waals surface area contributed by atoms with Crippen molar-refractivity contribution in [2.24, 2.45) is 11.7 Å². The monoisotopic (exact) mass is 518 g/mol. The molecule has 2 amide bonds. The molecule has 0 spiro atoms. The minimum atomic E-state index is -4.75. The van der Waals surface area contributed by atoms with Gasteiger partial charge in [0.1, 0.15) is 27.8 Å². The highest BCUT2D eigenvalue weighted by Gasteiger charge is 2.35. The predicted octanol–water partition coefficient (Wildman–Crippen LogP) is 4.46. The molecule has 3 N–H and O–H groups in total. The molecular weight excluding hydrogens is 501 g/mol. The van der Waals surface area contributed by atoms with E-state index >= 15 is 0 Å². The number of amides is 2. The number of fused-ring (bicyclic) bond motifs is 1. The molecule has 10 nitrogen and oxygen atoms in total. The van der Waals surface area contributed by atoms with Gasteiger partial charge in [-0.3, -0.25) is 24.4 Å². The third kappa shape index (κ3) is 4.88. The van der Waals surface area contributed by atoms with Gasteiger partial charge in [-0.15, -0.1) is 11.3 Å². The molecule has 4 aromatic rings. The largest absolute Gasteiger partial charge is 0.433 e. The van der Waals surface area contributed by atoms with Crippen molar-refractivity contribution in [2.75, 3.05) is 5.32 Å². The van der Waals surface area contributed by atoms with Crippen LogP contribution in [-0.4, -0.2) is 31.5 Å². The average Bonchev–Trinajstić information content (AvgIpc) is 3.43. The molecule has 14 heteroatoms. The maximum atomic E-state index is 13.6. The number of hydrogen-bond acceptors (Lipinski definition) is 7. The van der Waals surface area contributed by atoms with Crippen molar-refractivity contribution in [2.45, 2.75) is 19.6 Å². The molecule has 3 heterocycles. The fraction of sp³-hybridized carbons (Fsp3) is 0.182. The van der Waals surface area contributed by atoms with E-state index in [1.807, 2.05) is 0 Å². The number of nitrogens with two attached hydrogens (primary N) is 1. The van der Waals surface area contributed by atoms with Gasteiger partial charge in [-0.05, 0) is 17.2 Å². The number of hydrogen-bond donors (Lipinski definition) is 2. The minimum Gasteiger partial charge on any atom is -0.365 e. The molecule has 0 aliphatic rings. The van der Waals surface area contributed by atoms with E-state index in [4.69, 9.17) is 5.73 Å². The van der Waals surface area contributed by atoms with E-state index in [2.05, 4.69) is 15.4 Å². The molecule has 0 aliphatic carbocycles. The summed E-state index contributed by atoms with van der Waals surface area (Å²) >= 11 is 0.642. The lowest BCUT2D eigenvalue weighted by atomic mass is 10.0. The molecule has 1 aromatic carbocycles. The summed E-state index contributed by atoms with van der Waals surface area (Å²) in [5.74, 6) is -2.34. The number of alkyl halides is 3. The van der Waals surface area contributed by atoms with Gasteiger partial charge in [-0.1, -0.05) is 37.3 Å². The number of halogens is 3. The zero-order valence-electron chi connectivity index (χ0n) is 18.4. The standard InChI is InChI=1S/C22H17F3N6O4S/c1-11(9-30-10-13(8-27-30)31(34)35)20(33)29-17-16-14(12-5-3-2-4-6-12)7-15(22(23,24)25)28-21(16)36-18(17)19(26)32/h2-8,10-11H,9H2,1H3,(H2,26,32)(H,29,33). The van der Waals surface area contributed by atoms with Gasteiger partial charge in [0.2, 0.25) is 5.91 Å². The molecule has 186 valence electrons. The summed E-state index contributed by atoms with van der Waals surface area (Å²) in [5.41, 5.74) is 4.56. The number of primary amides is 1. The van der Waals surface area contributed by atoms with Crippen LogP contribution in [0.25, 0.3) is 21.3 Å². The molecule has 1 unspecified atom stereocenters. The summed E-state index contributed by atoms with van der Waals surface area (Å²) in [6, 6.07) is 9.01. The Morgan fingerprint density at radius 3 is 2.56 bits per heavy atom. The van der Waals surface area contributed by atoms with Gasteiger partial charge < -0.3 is 11.1 Å². The topological polar surface area (TPSA) is 146 Å². The van der Waals surface area contributed by atoms with E-state index in [1.165, 1.54) is 11.6 Å². The van der Waals surface area contributed by atoms with Crippen molar-refractivity contribution in [1.82, 2.24) is 14.8 Å². The predicted molar refractivity (Wildman–Crippen MR) is 125 cm³/mol. The quantitative estimate of drug-likeness (QED) is 0.273. The molecule has 36 heavy (non-hydrogen) atoms. The zero-order valence-corrected chi connectivity index (χ0v) is 19.3. The Hall–Kier alpha value is -4.33. The van der Waals surface area contributed by atoms with Crippen LogP contribution in [0.1, 0.15) is 22.3 Å². The molecular formula is C22H17F3N6O4S. The van der Waals surface area contributed by atoms with Gasteiger partial charge in [0.25, 0.3) is 5.91 Å². The lowest BCUT2D eigenvalue weighted by molar-refractivity contribution is -0.385. The van der Waals surface area contributed by atoms with Crippen molar-refractivity contribution >= 4 is 44.7 Å². The first-order valence-corrected chi connectivity index (χ1v) is 11.1. The maximum absolute atomic E-state index is 13.6. The Morgan fingerprint density at radius 2 is 1.97 bits per heavy atom. The van der Waals surface area contributed by atoms with E-state index in [-0.39, 0.29) is 38.6 Å². The number of anilines is 1. The summed E-state index contributed by atoms with van der Waals surface area (Å²) in [5, 5.41) is 17.5. The third-order valence-electron chi connectivity index (χ3n) is 5.25. The summed E-state index contributed by atoms with van der Waals surface area (Å²) in [4.78, 5) is 38.8. The minimum absolute atomic E-state index is 0.0321. The SMILES string of the molecule is CC(Cn1cc([N+](=O)[O-])cn1)C(=O)Nc1c(C(N)=O)sc2nc(C(F)(F)F)cc(-c3ccccc3)c12. The number of pyridine rings is 1. The van der Waals surface area contributed by atoms with E-state index in [1.54, 1.807) is 30.3 Å². The summed E-state index contributed by atoms with van der Waals surface area (Å²) in [6.07, 6.45) is -2.55. The van der Waals surface area contributed by atoms with E-state index < -0.39 is 34.5 Å². The van der Waals surface area contributed by atoms with Crippen molar-refractivity contribution in [3.05, 3.63) is 69.5 Å². The fourth-order valence-electron chi connectivity index (χ4n) is 3.54. The van der Waals surface area contributed by atoms with Crippen LogP contribution in [0.3, 0.4) is 0 Å². The molecule has 0 saturated heterocycles. The third-order valence-corrected chi connectivity index (χ3v) is 6.35. The normalized spacial score (nSPS) is 12.4.